The Morgan fingerprint density at radius 2 is 1.59 bits per heavy atom. The van der Waals surface area contributed by atoms with E-state index in [1.54, 1.807) is 4.90 Å². The number of hydrogen-bond donors (Lipinski definition) is 0. The fraction of sp³-hybridized carbons (Fsp3) is 0.759. The second-order valence-corrected chi connectivity index (χ2v) is 11.5. The Balaban J connectivity index is 1.19. The molecule has 1 amide bonds. The van der Waals surface area contributed by atoms with Gasteiger partial charge in [0.1, 0.15) is 31.0 Å². The molecular weight excluding hydrogens is 474 g/mol. The molecular formula is C29H41NO7. The van der Waals surface area contributed by atoms with Crippen LogP contribution in [0.1, 0.15) is 78.1 Å². The van der Waals surface area contributed by atoms with Gasteiger partial charge in [0.2, 0.25) is 0 Å². The van der Waals surface area contributed by atoms with Gasteiger partial charge in [0, 0.05) is 37.4 Å². The molecule has 0 radical (unpaired) electrons. The van der Waals surface area contributed by atoms with Crippen LogP contribution in [0.3, 0.4) is 0 Å². The molecule has 0 N–H and O–H groups in total. The Morgan fingerprint density at radius 3 is 2.27 bits per heavy atom. The average Bonchev–Trinajstić information content (AvgIpc) is 3.55. The molecule has 37 heavy (non-hydrogen) atoms. The van der Waals surface area contributed by atoms with Gasteiger partial charge in [0.25, 0.3) is 5.91 Å². The van der Waals surface area contributed by atoms with Gasteiger partial charge in [-0.25, -0.2) is 0 Å². The molecule has 6 rings (SSSR count). The third kappa shape index (κ3) is 5.09. The molecule has 2 spiro atoms. The van der Waals surface area contributed by atoms with Gasteiger partial charge >= 0.3 is 0 Å². The number of carbonyl (C=O) groups excluding carboxylic acids is 1. The first-order chi connectivity index (χ1) is 18.0. The molecule has 5 fully saturated rings. The SMILES string of the molecule is CC(C)N(C(=O)CO[C@H]1[C@H]2OC3(CCCCC3)O[C@@H]2O[C@@H]1[C@@H]1COC2(CCCCC2)O1)c1ccccc1. The molecule has 3 saturated heterocycles. The predicted molar refractivity (Wildman–Crippen MR) is 136 cm³/mol. The number of benzene rings is 1. The van der Waals surface area contributed by atoms with Crippen LogP contribution in [0.15, 0.2) is 30.3 Å². The standard InChI is InChI=1S/C29H41NO7/c1-20(2)30(21-12-6-3-7-13-21)23(31)19-32-25-24(22-18-33-28(35-22)14-8-4-9-15-28)34-27-26(25)36-29(37-27)16-10-5-11-17-29/h3,6-7,12-13,20,22,24-27H,4-5,8-11,14-19H2,1-2H3/t22-,24+,25+,26+,27-/m0/s1. The van der Waals surface area contributed by atoms with Crippen molar-refractivity contribution in [3.05, 3.63) is 30.3 Å². The van der Waals surface area contributed by atoms with Gasteiger partial charge in [-0.1, -0.05) is 31.0 Å². The van der Waals surface area contributed by atoms with Crippen LogP contribution in [0, 0.1) is 0 Å². The van der Waals surface area contributed by atoms with E-state index in [1.807, 2.05) is 44.2 Å². The molecule has 8 nitrogen and oxygen atoms in total. The highest BCUT2D eigenvalue weighted by Crippen LogP contribution is 2.48. The number of rotatable bonds is 6. The molecule has 0 unspecified atom stereocenters. The summed E-state index contributed by atoms with van der Waals surface area (Å²) in [6.45, 7) is 4.40. The van der Waals surface area contributed by atoms with Gasteiger partial charge in [-0.15, -0.1) is 0 Å². The van der Waals surface area contributed by atoms with Crippen molar-refractivity contribution in [2.24, 2.45) is 0 Å². The summed E-state index contributed by atoms with van der Waals surface area (Å²) in [6.07, 6.45) is 8.22. The van der Waals surface area contributed by atoms with Gasteiger partial charge in [-0.05, 0) is 51.7 Å². The number of fused-ring (bicyclic) bond motifs is 1. The zero-order chi connectivity index (χ0) is 25.5. The van der Waals surface area contributed by atoms with Crippen molar-refractivity contribution in [1.82, 2.24) is 0 Å². The summed E-state index contributed by atoms with van der Waals surface area (Å²) >= 11 is 0. The van der Waals surface area contributed by atoms with E-state index in [1.165, 1.54) is 12.8 Å². The molecule has 1 aromatic carbocycles. The van der Waals surface area contributed by atoms with Gasteiger partial charge < -0.3 is 33.3 Å². The molecule has 5 atom stereocenters. The van der Waals surface area contributed by atoms with Crippen LogP contribution >= 0.6 is 0 Å². The lowest BCUT2D eigenvalue weighted by molar-refractivity contribution is -0.262. The first-order valence-corrected chi connectivity index (χ1v) is 14.3. The minimum Gasteiger partial charge on any atom is -0.363 e. The Kier molecular flexibility index (Phi) is 7.33. The van der Waals surface area contributed by atoms with Crippen LogP contribution in [-0.4, -0.2) is 67.4 Å². The summed E-state index contributed by atoms with van der Waals surface area (Å²) in [5.74, 6) is -1.21. The van der Waals surface area contributed by atoms with Crippen LogP contribution in [0.2, 0.25) is 0 Å². The van der Waals surface area contributed by atoms with Crippen molar-refractivity contribution in [1.29, 1.82) is 0 Å². The highest BCUT2D eigenvalue weighted by atomic mass is 16.9. The van der Waals surface area contributed by atoms with E-state index in [4.69, 9.17) is 28.4 Å². The zero-order valence-corrected chi connectivity index (χ0v) is 22.1. The Labute approximate surface area is 219 Å². The number of ether oxygens (including phenoxy) is 6. The number of amides is 1. The third-order valence-electron chi connectivity index (χ3n) is 8.58. The Morgan fingerprint density at radius 1 is 0.919 bits per heavy atom. The maximum Gasteiger partial charge on any atom is 0.253 e. The summed E-state index contributed by atoms with van der Waals surface area (Å²) in [4.78, 5) is 15.2. The van der Waals surface area contributed by atoms with Crippen LogP contribution < -0.4 is 4.90 Å². The van der Waals surface area contributed by atoms with Gasteiger partial charge in [-0.3, -0.25) is 4.79 Å². The van der Waals surface area contributed by atoms with Crippen LogP contribution in [0.5, 0.6) is 0 Å². The Bertz CT molecular complexity index is 927. The normalized spacial score (nSPS) is 34.3. The largest absolute Gasteiger partial charge is 0.363 e. The van der Waals surface area contributed by atoms with E-state index in [2.05, 4.69) is 0 Å². The highest BCUT2D eigenvalue weighted by molar-refractivity contribution is 5.94. The van der Waals surface area contributed by atoms with Crippen molar-refractivity contribution in [2.75, 3.05) is 18.1 Å². The summed E-state index contributed by atoms with van der Waals surface area (Å²) < 4.78 is 38.6. The Hall–Kier alpha value is -1.55. The lowest BCUT2D eigenvalue weighted by Gasteiger charge is -2.36. The fourth-order valence-electron chi connectivity index (χ4n) is 6.82. The van der Waals surface area contributed by atoms with Gasteiger partial charge in [-0.2, -0.15) is 0 Å². The molecule has 3 aliphatic heterocycles. The molecule has 1 aromatic rings. The first-order valence-electron chi connectivity index (χ1n) is 14.3. The van der Waals surface area contributed by atoms with Gasteiger partial charge in [0.15, 0.2) is 17.9 Å². The smallest absolute Gasteiger partial charge is 0.253 e. The van der Waals surface area contributed by atoms with Crippen LogP contribution in [0.4, 0.5) is 5.69 Å². The number of nitrogens with zero attached hydrogens (tertiary/aromatic N) is 1. The highest BCUT2D eigenvalue weighted by Gasteiger charge is 2.61. The van der Waals surface area contributed by atoms with E-state index in [-0.39, 0.29) is 24.7 Å². The maximum atomic E-state index is 13.4. The molecule has 5 aliphatic rings. The lowest BCUT2D eigenvalue weighted by atomic mass is 9.94. The van der Waals surface area contributed by atoms with E-state index >= 15 is 0 Å². The second kappa shape index (κ2) is 10.5. The number of hydrogen-bond acceptors (Lipinski definition) is 7. The minimum absolute atomic E-state index is 0.00355. The lowest BCUT2D eigenvalue weighted by Crippen LogP contribution is -2.47. The summed E-state index contributed by atoms with van der Waals surface area (Å²) in [7, 11) is 0. The molecule has 0 aromatic heterocycles. The van der Waals surface area contributed by atoms with Crippen LogP contribution in [0.25, 0.3) is 0 Å². The summed E-state index contributed by atoms with van der Waals surface area (Å²) in [5, 5.41) is 0. The van der Waals surface area contributed by atoms with E-state index in [0.29, 0.717) is 6.61 Å². The van der Waals surface area contributed by atoms with Crippen molar-refractivity contribution >= 4 is 11.6 Å². The molecule has 8 heteroatoms. The predicted octanol–water partition coefficient (Wildman–Crippen LogP) is 4.69. The topological polar surface area (TPSA) is 75.7 Å². The molecule has 2 saturated carbocycles. The van der Waals surface area contributed by atoms with Crippen molar-refractivity contribution in [2.45, 2.75) is 126 Å². The monoisotopic (exact) mass is 515 g/mol. The number of anilines is 1. The van der Waals surface area contributed by atoms with E-state index < -0.39 is 36.2 Å². The van der Waals surface area contributed by atoms with Crippen molar-refractivity contribution in [3.8, 4) is 0 Å². The summed E-state index contributed by atoms with van der Waals surface area (Å²) in [5.41, 5.74) is 0.858. The summed E-state index contributed by atoms with van der Waals surface area (Å²) in [6, 6.07) is 9.72. The minimum atomic E-state index is -0.601. The zero-order valence-electron chi connectivity index (χ0n) is 22.1. The molecule has 3 heterocycles. The van der Waals surface area contributed by atoms with Crippen molar-refractivity contribution < 1.29 is 33.2 Å². The quantitative estimate of drug-likeness (QED) is 0.544. The maximum absolute atomic E-state index is 13.4. The third-order valence-corrected chi connectivity index (χ3v) is 8.58. The van der Waals surface area contributed by atoms with E-state index in [9.17, 15) is 4.79 Å². The second-order valence-electron chi connectivity index (χ2n) is 11.5. The average molecular weight is 516 g/mol. The fourth-order valence-corrected chi connectivity index (χ4v) is 6.82. The van der Waals surface area contributed by atoms with Gasteiger partial charge in [0.05, 0.1) is 6.61 Å². The molecule has 0 bridgehead atoms. The number of carbonyl (C=O) groups is 1. The number of para-hydroxylation sites is 1. The molecule has 2 aliphatic carbocycles. The molecule has 204 valence electrons. The van der Waals surface area contributed by atoms with Crippen LogP contribution in [-0.2, 0) is 33.2 Å². The first kappa shape index (κ1) is 25.7. The van der Waals surface area contributed by atoms with Crippen molar-refractivity contribution in [3.63, 3.8) is 0 Å². The van der Waals surface area contributed by atoms with E-state index in [0.717, 1.165) is 57.1 Å².